The number of anilines is 1. The van der Waals surface area contributed by atoms with Gasteiger partial charge < -0.3 is 10.1 Å². The van der Waals surface area contributed by atoms with Gasteiger partial charge in [-0.1, -0.05) is 12.1 Å². The molecule has 0 unspecified atom stereocenters. The molecule has 0 fully saturated rings. The van der Waals surface area contributed by atoms with Crippen molar-refractivity contribution in [2.24, 2.45) is 0 Å². The largest absolute Gasteiger partial charge is 0.460 e. The SMILES string of the molecule is CC(C)(C)OC(=O)CCCCc1nc2cc(C(=O)Nc3ccc(F)cc3)ccc2nc1-c1cccc(F)c1. The van der Waals surface area contributed by atoms with Crippen molar-refractivity contribution in [3.05, 3.63) is 89.6 Å². The molecule has 0 aliphatic carbocycles. The highest BCUT2D eigenvalue weighted by molar-refractivity contribution is 6.06. The fourth-order valence-electron chi connectivity index (χ4n) is 3.96. The Morgan fingerprint density at radius 1 is 0.868 bits per heavy atom. The first kappa shape index (κ1) is 26.9. The van der Waals surface area contributed by atoms with E-state index in [-0.39, 0.29) is 24.1 Å². The lowest BCUT2D eigenvalue weighted by Crippen LogP contribution is -2.23. The van der Waals surface area contributed by atoms with Crippen LogP contribution in [-0.4, -0.2) is 27.4 Å². The predicted molar refractivity (Wildman–Crippen MR) is 143 cm³/mol. The number of nitrogens with one attached hydrogen (secondary N) is 1. The quantitative estimate of drug-likeness (QED) is 0.204. The van der Waals surface area contributed by atoms with E-state index >= 15 is 0 Å². The van der Waals surface area contributed by atoms with Crippen molar-refractivity contribution >= 4 is 28.6 Å². The molecule has 0 bridgehead atoms. The molecule has 1 aromatic heterocycles. The van der Waals surface area contributed by atoms with Crippen LogP contribution in [0.15, 0.2) is 66.7 Å². The van der Waals surface area contributed by atoms with Crippen LogP contribution in [0.2, 0.25) is 0 Å². The molecule has 8 heteroatoms. The minimum absolute atomic E-state index is 0.260. The normalized spacial score (nSPS) is 11.4. The molecule has 0 atom stereocenters. The van der Waals surface area contributed by atoms with Gasteiger partial charge in [0.05, 0.1) is 22.4 Å². The molecule has 0 aliphatic heterocycles. The van der Waals surface area contributed by atoms with Gasteiger partial charge in [0.25, 0.3) is 5.91 Å². The minimum atomic E-state index is -0.536. The van der Waals surface area contributed by atoms with Gasteiger partial charge >= 0.3 is 5.97 Å². The first-order valence-electron chi connectivity index (χ1n) is 12.4. The van der Waals surface area contributed by atoms with Gasteiger partial charge in [-0.2, -0.15) is 0 Å². The second-order valence-corrected chi connectivity index (χ2v) is 9.99. The van der Waals surface area contributed by atoms with Crippen LogP contribution in [0.25, 0.3) is 22.3 Å². The molecule has 6 nitrogen and oxygen atoms in total. The minimum Gasteiger partial charge on any atom is -0.460 e. The third kappa shape index (κ3) is 7.18. The van der Waals surface area contributed by atoms with Crippen LogP contribution < -0.4 is 5.32 Å². The standard InChI is InChI=1S/C30H29F2N3O3/c1-30(2,3)38-27(36)10-5-4-9-25-28(19-7-6-8-22(32)17-19)35-24-16-11-20(18-26(24)34-25)29(37)33-23-14-12-21(31)13-15-23/h6-8,11-18H,4-5,9-10H2,1-3H3,(H,33,37). The lowest BCUT2D eigenvalue weighted by molar-refractivity contribution is -0.154. The van der Waals surface area contributed by atoms with Crippen molar-refractivity contribution in [3.63, 3.8) is 0 Å². The third-order valence-corrected chi connectivity index (χ3v) is 5.66. The van der Waals surface area contributed by atoms with Crippen LogP contribution >= 0.6 is 0 Å². The Balaban J connectivity index is 1.58. The number of hydrogen-bond acceptors (Lipinski definition) is 5. The molecule has 0 saturated heterocycles. The van der Waals surface area contributed by atoms with Gasteiger partial charge in [-0.3, -0.25) is 9.59 Å². The van der Waals surface area contributed by atoms with E-state index < -0.39 is 11.4 Å². The summed E-state index contributed by atoms with van der Waals surface area (Å²) in [5.41, 5.74) is 3.16. The molecule has 3 aromatic carbocycles. The Hall–Kier alpha value is -4.20. The number of halogens is 2. The Bertz CT molecular complexity index is 1460. The highest BCUT2D eigenvalue weighted by atomic mass is 19.1. The van der Waals surface area contributed by atoms with Crippen molar-refractivity contribution in [2.45, 2.75) is 52.1 Å². The number of aromatic nitrogens is 2. The Morgan fingerprint density at radius 2 is 1.63 bits per heavy atom. The number of hydrogen-bond donors (Lipinski definition) is 1. The number of aryl methyl sites for hydroxylation is 1. The van der Waals surface area contributed by atoms with Crippen molar-refractivity contribution in [1.82, 2.24) is 9.97 Å². The van der Waals surface area contributed by atoms with Crippen LogP contribution in [0, 0.1) is 11.6 Å². The molecule has 1 heterocycles. The van der Waals surface area contributed by atoms with Crippen molar-refractivity contribution in [2.75, 3.05) is 5.32 Å². The molecule has 4 aromatic rings. The van der Waals surface area contributed by atoms with Crippen LogP contribution in [0.4, 0.5) is 14.5 Å². The molecule has 1 amide bonds. The summed E-state index contributed by atoms with van der Waals surface area (Å²) in [7, 11) is 0. The summed E-state index contributed by atoms with van der Waals surface area (Å²) >= 11 is 0. The zero-order valence-electron chi connectivity index (χ0n) is 21.6. The van der Waals surface area contributed by atoms with E-state index in [2.05, 4.69) is 5.32 Å². The van der Waals surface area contributed by atoms with Gasteiger partial charge in [-0.15, -0.1) is 0 Å². The summed E-state index contributed by atoms with van der Waals surface area (Å²) in [5, 5.41) is 2.74. The molecule has 196 valence electrons. The summed E-state index contributed by atoms with van der Waals surface area (Å²) in [6.45, 7) is 5.49. The number of fused-ring (bicyclic) bond motifs is 1. The van der Waals surface area contributed by atoms with E-state index in [4.69, 9.17) is 14.7 Å². The molecular weight excluding hydrogens is 488 g/mol. The number of unbranched alkanes of at least 4 members (excludes halogenated alkanes) is 1. The number of benzene rings is 3. The van der Waals surface area contributed by atoms with E-state index in [1.165, 1.54) is 36.4 Å². The van der Waals surface area contributed by atoms with Gasteiger partial charge in [-0.05, 0) is 94.6 Å². The maximum absolute atomic E-state index is 14.0. The van der Waals surface area contributed by atoms with E-state index in [1.807, 2.05) is 20.8 Å². The van der Waals surface area contributed by atoms with Crippen LogP contribution in [-0.2, 0) is 16.0 Å². The number of carbonyl (C=O) groups is 2. The summed E-state index contributed by atoms with van der Waals surface area (Å²) in [6.07, 6.45) is 2.02. The topological polar surface area (TPSA) is 81.2 Å². The molecule has 1 N–H and O–H groups in total. The van der Waals surface area contributed by atoms with Crippen LogP contribution in [0.1, 0.15) is 56.1 Å². The second kappa shape index (κ2) is 11.5. The number of nitrogens with zero attached hydrogens (tertiary/aromatic N) is 2. The molecule has 0 spiro atoms. The van der Waals surface area contributed by atoms with Gasteiger partial charge in [0.15, 0.2) is 0 Å². The van der Waals surface area contributed by atoms with Crippen LogP contribution in [0.3, 0.4) is 0 Å². The Kier molecular flexibility index (Phi) is 8.10. The number of ether oxygens (including phenoxy) is 1. The molecule has 0 aliphatic rings. The second-order valence-electron chi connectivity index (χ2n) is 9.99. The monoisotopic (exact) mass is 517 g/mol. The zero-order valence-corrected chi connectivity index (χ0v) is 21.6. The van der Waals surface area contributed by atoms with Gasteiger partial charge in [0.1, 0.15) is 17.2 Å². The van der Waals surface area contributed by atoms with Crippen molar-refractivity contribution < 1.29 is 23.1 Å². The average molecular weight is 518 g/mol. The van der Waals surface area contributed by atoms with E-state index in [1.54, 1.807) is 30.3 Å². The molecule has 0 saturated carbocycles. The average Bonchev–Trinajstić information content (AvgIpc) is 2.86. The molecule has 0 radical (unpaired) electrons. The van der Waals surface area contributed by atoms with E-state index in [0.717, 1.165) is 0 Å². The van der Waals surface area contributed by atoms with Gasteiger partial charge in [-0.25, -0.2) is 18.7 Å². The lowest BCUT2D eigenvalue weighted by atomic mass is 10.0. The van der Waals surface area contributed by atoms with Gasteiger partial charge in [0, 0.05) is 23.2 Å². The van der Waals surface area contributed by atoms with Crippen LogP contribution in [0.5, 0.6) is 0 Å². The van der Waals surface area contributed by atoms with Gasteiger partial charge in [0.2, 0.25) is 0 Å². The summed E-state index contributed by atoms with van der Waals surface area (Å²) in [5.74, 6) is -1.40. The first-order chi connectivity index (χ1) is 18.1. The number of esters is 1. The summed E-state index contributed by atoms with van der Waals surface area (Å²) in [4.78, 5) is 34.4. The van der Waals surface area contributed by atoms with E-state index in [0.29, 0.717) is 58.5 Å². The first-order valence-corrected chi connectivity index (χ1v) is 12.4. The number of amides is 1. The smallest absolute Gasteiger partial charge is 0.306 e. The maximum atomic E-state index is 14.0. The number of carbonyl (C=O) groups excluding carboxylic acids is 2. The zero-order chi connectivity index (χ0) is 27.3. The Labute approximate surface area is 220 Å². The predicted octanol–water partition coefficient (Wildman–Crippen LogP) is 6.88. The molecule has 38 heavy (non-hydrogen) atoms. The molecular formula is C30H29F2N3O3. The maximum Gasteiger partial charge on any atom is 0.306 e. The summed E-state index contributed by atoms with van der Waals surface area (Å²) in [6, 6.07) is 16.6. The summed E-state index contributed by atoms with van der Waals surface area (Å²) < 4.78 is 32.6. The van der Waals surface area contributed by atoms with E-state index in [9.17, 15) is 18.4 Å². The highest BCUT2D eigenvalue weighted by Gasteiger charge is 2.17. The molecule has 4 rings (SSSR count). The lowest BCUT2D eigenvalue weighted by Gasteiger charge is -2.19. The highest BCUT2D eigenvalue weighted by Crippen LogP contribution is 2.26. The third-order valence-electron chi connectivity index (χ3n) is 5.66. The fourth-order valence-corrected chi connectivity index (χ4v) is 3.96. The Morgan fingerprint density at radius 3 is 2.34 bits per heavy atom. The fraction of sp³-hybridized carbons (Fsp3) is 0.267. The van der Waals surface area contributed by atoms with Crippen molar-refractivity contribution in [3.8, 4) is 11.3 Å². The van der Waals surface area contributed by atoms with Crippen molar-refractivity contribution in [1.29, 1.82) is 0 Å². The number of rotatable bonds is 8.